The average Bonchev–Trinajstić information content (AvgIpc) is 2.89. The van der Waals surface area contributed by atoms with E-state index in [-0.39, 0.29) is 18.0 Å². The van der Waals surface area contributed by atoms with Crippen molar-refractivity contribution in [3.05, 3.63) is 53.2 Å². The molecule has 1 unspecified atom stereocenters. The van der Waals surface area contributed by atoms with Crippen LogP contribution in [0.15, 0.2) is 47.7 Å². The lowest BCUT2D eigenvalue weighted by atomic mass is 10.1. The van der Waals surface area contributed by atoms with Crippen LogP contribution in [0.25, 0.3) is 11.1 Å². The summed E-state index contributed by atoms with van der Waals surface area (Å²) >= 11 is 0. The molecule has 1 aliphatic heterocycles. The van der Waals surface area contributed by atoms with E-state index in [1.807, 2.05) is 18.2 Å². The van der Waals surface area contributed by atoms with Gasteiger partial charge in [-0.05, 0) is 12.0 Å². The highest BCUT2D eigenvalue weighted by Gasteiger charge is 2.34. The molecule has 1 fully saturated rings. The zero-order chi connectivity index (χ0) is 16.4. The van der Waals surface area contributed by atoms with Gasteiger partial charge in [-0.3, -0.25) is 19.0 Å². The Morgan fingerprint density at radius 1 is 1.26 bits per heavy atom. The molecule has 3 rings (SSSR count). The molecule has 1 saturated heterocycles. The molecule has 118 valence electrons. The molecule has 1 amide bonds. The molecule has 2 heterocycles. The minimum atomic E-state index is -1.07. The highest BCUT2D eigenvalue weighted by atomic mass is 16.4. The number of aliphatic carboxylic acids is 1. The van der Waals surface area contributed by atoms with Crippen LogP contribution >= 0.6 is 0 Å². The van der Waals surface area contributed by atoms with Gasteiger partial charge in [-0.2, -0.15) is 0 Å². The zero-order valence-electron chi connectivity index (χ0n) is 12.3. The van der Waals surface area contributed by atoms with Gasteiger partial charge >= 0.3 is 5.97 Å². The second-order valence-electron chi connectivity index (χ2n) is 5.34. The summed E-state index contributed by atoms with van der Waals surface area (Å²) in [7, 11) is 0. The van der Waals surface area contributed by atoms with Gasteiger partial charge in [0.25, 0.3) is 5.56 Å². The molecular weight excluding hydrogens is 298 g/mol. The van der Waals surface area contributed by atoms with Gasteiger partial charge in [-0.1, -0.05) is 30.3 Å². The van der Waals surface area contributed by atoms with Crippen molar-refractivity contribution in [1.82, 2.24) is 14.5 Å². The first-order valence-corrected chi connectivity index (χ1v) is 7.20. The lowest BCUT2D eigenvalue weighted by Gasteiger charge is -2.15. The number of carboxylic acids is 1. The quantitative estimate of drug-likeness (QED) is 0.900. The van der Waals surface area contributed by atoms with Crippen LogP contribution in [0.3, 0.4) is 0 Å². The summed E-state index contributed by atoms with van der Waals surface area (Å²) in [5.41, 5.74) is 0.839. The van der Waals surface area contributed by atoms with Gasteiger partial charge in [0.2, 0.25) is 5.91 Å². The predicted molar refractivity (Wildman–Crippen MR) is 81.8 cm³/mol. The third-order valence-corrected chi connectivity index (χ3v) is 3.88. The Kier molecular flexibility index (Phi) is 3.92. The number of nitrogens with zero attached hydrogens (tertiary/aromatic N) is 3. The maximum atomic E-state index is 12.7. The highest BCUT2D eigenvalue weighted by Crippen LogP contribution is 2.22. The topological polar surface area (TPSA) is 92.5 Å². The fraction of sp³-hybridized carbons (Fsp3) is 0.250. The van der Waals surface area contributed by atoms with Crippen molar-refractivity contribution < 1.29 is 14.7 Å². The van der Waals surface area contributed by atoms with Gasteiger partial charge in [0, 0.05) is 12.7 Å². The zero-order valence-corrected chi connectivity index (χ0v) is 12.3. The van der Waals surface area contributed by atoms with Crippen molar-refractivity contribution >= 4 is 11.9 Å². The minimum Gasteiger partial charge on any atom is -0.480 e. The Morgan fingerprint density at radius 2 is 2.00 bits per heavy atom. The summed E-state index contributed by atoms with van der Waals surface area (Å²) in [6.45, 7) is -0.0340. The summed E-state index contributed by atoms with van der Waals surface area (Å²) in [5, 5.41) is 8.82. The number of hydrogen-bond donors (Lipinski definition) is 1. The van der Waals surface area contributed by atoms with Crippen LogP contribution in [-0.2, 0) is 9.59 Å². The second kappa shape index (κ2) is 6.04. The van der Waals surface area contributed by atoms with E-state index in [0.29, 0.717) is 18.5 Å². The van der Waals surface area contributed by atoms with E-state index in [2.05, 4.69) is 4.98 Å². The number of carbonyl (C=O) groups is 2. The van der Waals surface area contributed by atoms with Crippen LogP contribution in [-0.4, -0.2) is 44.5 Å². The van der Waals surface area contributed by atoms with E-state index < -0.39 is 12.0 Å². The van der Waals surface area contributed by atoms with E-state index in [4.69, 9.17) is 5.11 Å². The molecule has 1 atom stereocenters. The van der Waals surface area contributed by atoms with E-state index in [1.54, 1.807) is 12.1 Å². The molecule has 1 N–H and O–H groups in total. The first-order chi connectivity index (χ1) is 11.1. The number of aromatic nitrogens is 2. The van der Waals surface area contributed by atoms with Crippen molar-refractivity contribution in [2.45, 2.75) is 12.5 Å². The van der Waals surface area contributed by atoms with E-state index >= 15 is 0 Å². The fourth-order valence-corrected chi connectivity index (χ4v) is 2.77. The summed E-state index contributed by atoms with van der Waals surface area (Å²) in [6.07, 6.45) is 3.20. The van der Waals surface area contributed by atoms with Gasteiger partial charge in [0.15, 0.2) is 0 Å². The molecule has 1 aromatic carbocycles. The van der Waals surface area contributed by atoms with Crippen molar-refractivity contribution in [3.63, 3.8) is 0 Å². The number of hydrogen-bond acceptors (Lipinski definition) is 4. The number of likely N-dealkylation sites (tertiary alicyclic amines) is 1. The number of carbonyl (C=O) groups excluding carboxylic acids is 1. The molecule has 1 aliphatic rings. The normalized spacial score (nSPS) is 17.5. The van der Waals surface area contributed by atoms with Crippen LogP contribution in [0.4, 0.5) is 0 Å². The molecule has 23 heavy (non-hydrogen) atoms. The number of benzene rings is 1. The smallest absolute Gasteiger partial charge is 0.323 e. The second-order valence-corrected chi connectivity index (χ2v) is 5.34. The van der Waals surface area contributed by atoms with Crippen LogP contribution in [0.1, 0.15) is 12.5 Å². The summed E-state index contributed by atoms with van der Waals surface area (Å²) in [5.74, 6) is -1.43. The Hall–Kier alpha value is -2.96. The first kappa shape index (κ1) is 15.0. The highest BCUT2D eigenvalue weighted by molar-refractivity contribution is 5.86. The van der Waals surface area contributed by atoms with Gasteiger partial charge in [-0.15, -0.1) is 0 Å². The number of amides is 1. The average molecular weight is 313 g/mol. The Balaban J connectivity index is 1.95. The number of carboxylic acid groups (broad SMARTS) is 1. The molecule has 7 nitrogen and oxygen atoms in total. The lowest BCUT2D eigenvalue weighted by Crippen LogP contribution is -2.35. The van der Waals surface area contributed by atoms with Crippen LogP contribution in [0.2, 0.25) is 0 Å². The van der Waals surface area contributed by atoms with E-state index in [9.17, 15) is 14.4 Å². The monoisotopic (exact) mass is 313 g/mol. The summed E-state index contributed by atoms with van der Waals surface area (Å²) < 4.78 is 1.30. The molecular formula is C16H15N3O4. The lowest BCUT2D eigenvalue weighted by molar-refractivity contribution is -0.143. The van der Waals surface area contributed by atoms with Gasteiger partial charge in [-0.25, -0.2) is 4.98 Å². The van der Waals surface area contributed by atoms with Gasteiger partial charge in [0.05, 0.1) is 11.9 Å². The van der Waals surface area contributed by atoms with Crippen LogP contribution in [0.5, 0.6) is 0 Å². The maximum absolute atomic E-state index is 12.7. The standard InChI is InChI=1S/C16H15N3O4/c20-14(21)9-18-7-6-13(16(18)23)19-10-17-8-12(15(19)22)11-4-2-1-3-5-11/h1-5,8,10,13H,6-7,9H2,(H,20,21). The number of rotatable bonds is 4. The van der Waals surface area contributed by atoms with Gasteiger partial charge in [0.1, 0.15) is 12.6 Å². The Labute approximate surface area is 131 Å². The molecule has 2 aromatic rings. The van der Waals surface area contributed by atoms with Crippen molar-refractivity contribution in [3.8, 4) is 11.1 Å². The molecule has 0 bridgehead atoms. The van der Waals surface area contributed by atoms with E-state index in [0.717, 1.165) is 5.56 Å². The fourth-order valence-electron chi connectivity index (χ4n) is 2.77. The predicted octanol–water partition coefficient (Wildman–Crippen LogP) is 0.768. The van der Waals surface area contributed by atoms with E-state index in [1.165, 1.54) is 22.0 Å². The SMILES string of the molecule is O=C(O)CN1CCC(n2cncc(-c3ccccc3)c2=O)C1=O. The Bertz CT molecular complexity index is 800. The van der Waals surface area contributed by atoms with Crippen molar-refractivity contribution in [1.29, 1.82) is 0 Å². The Morgan fingerprint density at radius 3 is 2.70 bits per heavy atom. The van der Waals surface area contributed by atoms with Crippen molar-refractivity contribution in [2.75, 3.05) is 13.1 Å². The summed E-state index contributed by atoms with van der Waals surface area (Å²) in [4.78, 5) is 41.1. The summed E-state index contributed by atoms with van der Waals surface area (Å²) in [6, 6.07) is 8.40. The molecule has 0 spiro atoms. The molecule has 0 saturated carbocycles. The first-order valence-electron chi connectivity index (χ1n) is 7.20. The minimum absolute atomic E-state index is 0.304. The third kappa shape index (κ3) is 2.85. The maximum Gasteiger partial charge on any atom is 0.323 e. The molecule has 7 heteroatoms. The van der Waals surface area contributed by atoms with Crippen LogP contribution < -0.4 is 5.56 Å². The third-order valence-electron chi connectivity index (χ3n) is 3.88. The molecule has 0 aliphatic carbocycles. The van der Waals surface area contributed by atoms with Gasteiger partial charge < -0.3 is 10.0 Å². The molecule has 1 aromatic heterocycles. The van der Waals surface area contributed by atoms with Crippen molar-refractivity contribution in [2.24, 2.45) is 0 Å². The van der Waals surface area contributed by atoms with Crippen LogP contribution in [0, 0.1) is 0 Å². The molecule has 0 radical (unpaired) electrons. The largest absolute Gasteiger partial charge is 0.480 e.